The van der Waals surface area contributed by atoms with Crippen LogP contribution in [0.15, 0.2) is 0 Å². The minimum atomic E-state index is -0.973. The Morgan fingerprint density at radius 1 is 1.67 bits per heavy atom. The van der Waals surface area contributed by atoms with Gasteiger partial charge in [0.05, 0.1) is 6.10 Å². The van der Waals surface area contributed by atoms with E-state index in [1.54, 1.807) is 6.92 Å². The van der Waals surface area contributed by atoms with E-state index in [1.807, 2.05) is 0 Å². The highest BCUT2D eigenvalue weighted by Crippen LogP contribution is 2.05. The van der Waals surface area contributed by atoms with Crippen molar-refractivity contribution >= 4 is 17.7 Å². The van der Waals surface area contributed by atoms with Crippen molar-refractivity contribution in [2.24, 2.45) is 5.73 Å². The van der Waals surface area contributed by atoms with Crippen LogP contribution in [0.25, 0.3) is 0 Å². The summed E-state index contributed by atoms with van der Waals surface area (Å²) in [6.45, 7) is 1.71. The largest absolute Gasteiger partial charge is 0.480 e. The summed E-state index contributed by atoms with van der Waals surface area (Å²) in [6.07, 6.45) is 0.357. The van der Waals surface area contributed by atoms with E-state index >= 15 is 0 Å². The number of carboxylic acid groups (broad SMARTS) is 1. The molecule has 0 aromatic carbocycles. The number of aliphatic hydroxyl groups is 1. The van der Waals surface area contributed by atoms with Crippen LogP contribution in [0.1, 0.15) is 13.3 Å². The molecule has 0 aliphatic carbocycles. The number of carboxylic acids is 1. The SMILES string of the molecule is CC(O)CCSC[C@@H](N)C(=O)O. The minimum absolute atomic E-state index is 0.321. The number of carbonyl (C=O) groups is 1. The lowest BCUT2D eigenvalue weighted by atomic mass is 10.3. The van der Waals surface area contributed by atoms with Crippen LogP contribution < -0.4 is 5.73 Å². The molecule has 5 heteroatoms. The second-order valence-electron chi connectivity index (χ2n) is 2.66. The predicted octanol–water partition coefficient (Wildman–Crippen LogP) is -0.0976. The molecule has 0 radical (unpaired) electrons. The third-order valence-electron chi connectivity index (χ3n) is 1.29. The average molecular weight is 193 g/mol. The standard InChI is InChI=1S/C7H15NO3S/c1-5(9)2-3-12-4-6(8)7(10)11/h5-6,9H,2-4,8H2,1H3,(H,10,11)/t5?,6-/m1/s1. The van der Waals surface area contributed by atoms with Gasteiger partial charge in [-0.2, -0.15) is 11.8 Å². The van der Waals surface area contributed by atoms with E-state index in [2.05, 4.69) is 0 Å². The summed E-state index contributed by atoms with van der Waals surface area (Å²) in [5, 5.41) is 17.3. The molecule has 0 spiro atoms. The fourth-order valence-electron chi connectivity index (χ4n) is 0.535. The Labute approximate surface area is 76.1 Å². The minimum Gasteiger partial charge on any atom is -0.480 e. The molecule has 0 aliphatic rings. The molecule has 0 saturated heterocycles. The van der Waals surface area contributed by atoms with Crippen LogP contribution in [0.2, 0.25) is 0 Å². The molecule has 12 heavy (non-hydrogen) atoms. The average Bonchev–Trinajstić information content (AvgIpc) is 1.97. The number of aliphatic hydroxyl groups excluding tert-OH is 1. The van der Waals surface area contributed by atoms with Crippen molar-refractivity contribution in [2.75, 3.05) is 11.5 Å². The summed E-state index contributed by atoms with van der Waals surface area (Å²) in [6, 6.07) is -0.788. The molecular weight excluding hydrogens is 178 g/mol. The number of aliphatic carboxylic acids is 1. The highest BCUT2D eigenvalue weighted by atomic mass is 32.2. The zero-order valence-corrected chi connectivity index (χ0v) is 7.88. The first-order chi connectivity index (χ1) is 5.54. The molecule has 2 atom stereocenters. The van der Waals surface area contributed by atoms with Crippen molar-refractivity contribution in [3.63, 3.8) is 0 Å². The number of hydrogen-bond acceptors (Lipinski definition) is 4. The summed E-state index contributed by atoms with van der Waals surface area (Å²) < 4.78 is 0. The van der Waals surface area contributed by atoms with Gasteiger partial charge >= 0.3 is 5.97 Å². The van der Waals surface area contributed by atoms with Crippen molar-refractivity contribution in [3.05, 3.63) is 0 Å². The van der Waals surface area contributed by atoms with Crippen molar-refractivity contribution in [1.29, 1.82) is 0 Å². The van der Waals surface area contributed by atoms with E-state index in [9.17, 15) is 4.79 Å². The first-order valence-corrected chi connectivity index (χ1v) is 4.93. The Bertz CT molecular complexity index is 141. The third kappa shape index (κ3) is 6.45. The van der Waals surface area contributed by atoms with Crippen LogP contribution >= 0.6 is 11.8 Å². The lowest BCUT2D eigenvalue weighted by Crippen LogP contribution is -2.32. The molecule has 0 saturated carbocycles. The summed E-state index contributed by atoms with van der Waals surface area (Å²) in [5.74, 6) is 0.181. The van der Waals surface area contributed by atoms with Gasteiger partial charge in [-0.25, -0.2) is 0 Å². The molecule has 1 unspecified atom stereocenters. The normalized spacial score (nSPS) is 15.6. The molecule has 72 valence electrons. The number of thioether (sulfide) groups is 1. The molecule has 0 heterocycles. The van der Waals surface area contributed by atoms with Crippen LogP contribution in [-0.2, 0) is 4.79 Å². The van der Waals surface area contributed by atoms with E-state index in [1.165, 1.54) is 11.8 Å². The fraction of sp³-hybridized carbons (Fsp3) is 0.857. The lowest BCUT2D eigenvalue weighted by molar-refractivity contribution is -0.137. The first kappa shape index (κ1) is 11.7. The van der Waals surface area contributed by atoms with Crippen LogP contribution in [-0.4, -0.2) is 39.8 Å². The molecule has 0 aliphatic heterocycles. The van der Waals surface area contributed by atoms with Crippen LogP contribution in [0.3, 0.4) is 0 Å². The zero-order chi connectivity index (χ0) is 9.56. The molecule has 4 N–H and O–H groups in total. The summed E-state index contributed by atoms with van der Waals surface area (Å²) >= 11 is 1.45. The summed E-state index contributed by atoms with van der Waals surface area (Å²) in [7, 11) is 0. The fourth-order valence-corrected chi connectivity index (χ4v) is 1.61. The van der Waals surface area contributed by atoms with Crippen molar-refractivity contribution in [1.82, 2.24) is 0 Å². The van der Waals surface area contributed by atoms with E-state index in [0.717, 1.165) is 5.75 Å². The van der Waals surface area contributed by atoms with Crippen LogP contribution in [0.5, 0.6) is 0 Å². The molecule has 0 bridgehead atoms. The highest BCUT2D eigenvalue weighted by molar-refractivity contribution is 7.99. The predicted molar refractivity (Wildman–Crippen MR) is 49.2 cm³/mol. The Morgan fingerprint density at radius 2 is 2.25 bits per heavy atom. The van der Waals surface area contributed by atoms with E-state index in [-0.39, 0.29) is 6.10 Å². The highest BCUT2D eigenvalue weighted by Gasteiger charge is 2.10. The van der Waals surface area contributed by atoms with Crippen LogP contribution in [0.4, 0.5) is 0 Å². The molecule has 0 aromatic rings. The van der Waals surface area contributed by atoms with Crippen molar-refractivity contribution in [3.8, 4) is 0 Å². The maximum absolute atomic E-state index is 10.2. The van der Waals surface area contributed by atoms with E-state index in [0.29, 0.717) is 12.2 Å². The van der Waals surface area contributed by atoms with Gasteiger partial charge in [0, 0.05) is 5.75 Å². The van der Waals surface area contributed by atoms with Gasteiger partial charge in [-0.05, 0) is 19.1 Å². The van der Waals surface area contributed by atoms with Gasteiger partial charge in [0.1, 0.15) is 6.04 Å². The molecule has 4 nitrogen and oxygen atoms in total. The Morgan fingerprint density at radius 3 is 2.67 bits per heavy atom. The van der Waals surface area contributed by atoms with Crippen molar-refractivity contribution < 1.29 is 15.0 Å². The Hall–Kier alpha value is -0.260. The monoisotopic (exact) mass is 193 g/mol. The Kier molecular flexibility index (Phi) is 6.14. The van der Waals surface area contributed by atoms with E-state index < -0.39 is 12.0 Å². The quantitative estimate of drug-likeness (QED) is 0.513. The number of rotatable bonds is 6. The number of hydrogen-bond donors (Lipinski definition) is 3. The third-order valence-corrected chi connectivity index (χ3v) is 2.41. The van der Waals surface area contributed by atoms with Gasteiger partial charge in [-0.1, -0.05) is 0 Å². The molecule has 0 aromatic heterocycles. The summed E-state index contributed by atoms with van der Waals surface area (Å²) in [5.41, 5.74) is 5.25. The summed E-state index contributed by atoms with van der Waals surface area (Å²) in [4.78, 5) is 10.2. The molecule has 0 amide bonds. The van der Waals surface area contributed by atoms with Gasteiger partial charge in [0.25, 0.3) is 0 Å². The van der Waals surface area contributed by atoms with Gasteiger partial charge in [-0.15, -0.1) is 0 Å². The second kappa shape index (κ2) is 6.28. The van der Waals surface area contributed by atoms with Crippen molar-refractivity contribution in [2.45, 2.75) is 25.5 Å². The van der Waals surface area contributed by atoms with Gasteiger partial charge in [-0.3, -0.25) is 4.79 Å². The topological polar surface area (TPSA) is 83.5 Å². The first-order valence-electron chi connectivity index (χ1n) is 3.78. The van der Waals surface area contributed by atoms with Gasteiger partial charge in [0.15, 0.2) is 0 Å². The van der Waals surface area contributed by atoms with E-state index in [4.69, 9.17) is 15.9 Å². The van der Waals surface area contributed by atoms with Gasteiger partial charge < -0.3 is 15.9 Å². The Balaban J connectivity index is 3.25. The molecule has 0 rings (SSSR count). The van der Waals surface area contributed by atoms with Crippen LogP contribution in [0, 0.1) is 0 Å². The van der Waals surface area contributed by atoms with Gasteiger partial charge in [0.2, 0.25) is 0 Å². The maximum Gasteiger partial charge on any atom is 0.321 e. The molecular formula is C7H15NO3S. The number of nitrogens with two attached hydrogens (primary N) is 1. The smallest absolute Gasteiger partial charge is 0.321 e. The zero-order valence-electron chi connectivity index (χ0n) is 7.06. The second-order valence-corrected chi connectivity index (χ2v) is 3.81. The lowest BCUT2D eigenvalue weighted by Gasteiger charge is -2.06. The maximum atomic E-state index is 10.2. The molecule has 0 fully saturated rings.